The molecule has 0 saturated carbocycles. The highest BCUT2D eigenvalue weighted by Crippen LogP contribution is 2.09. The van der Waals surface area contributed by atoms with Crippen LogP contribution in [0.3, 0.4) is 0 Å². The second-order valence-corrected chi connectivity index (χ2v) is 3.13. The van der Waals surface area contributed by atoms with E-state index in [-0.39, 0.29) is 24.6 Å². The summed E-state index contributed by atoms with van der Waals surface area (Å²) in [5, 5.41) is 23.1. The molecule has 0 fully saturated rings. The van der Waals surface area contributed by atoms with Gasteiger partial charge in [-0.3, -0.25) is 4.79 Å². The Morgan fingerprint density at radius 2 is 2.35 bits per heavy atom. The second kappa shape index (κ2) is 5.85. The Morgan fingerprint density at radius 1 is 1.65 bits per heavy atom. The lowest BCUT2D eigenvalue weighted by Crippen LogP contribution is -2.29. The number of carbonyl (C=O) groups is 2. The molecule has 1 amide bonds. The number of nitrogens with one attached hydrogen (secondary N) is 1. The summed E-state index contributed by atoms with van der Waals surface area (Å²) >= 11 is 0. The third-order valence-electron chi connectivity index (χ3n) is 1.91. The van der Waals surface area contributed by atoms with Crippen LogP contribution in [0.4, 0.5) is 0 Å². The Morgan fingerprint density at radius 3 is 2.88 bits per heavy atom. The van der Waals surface area contributed by atoms with Crippen molar-refractivity contribution in [2.24, 2.45) is 0 Å². The molecule has 94 valence electrons. The largest absolute Gasteiger partial charge is 0.479 e. The van der Waals surface area contributed by atoms with Gasteiger partial charge in [-0.05, 0) is 5.16 Å². The summed E-state index contributed by atoms with van der Waals surface area (Å²) in [7, 11) is 1.38. The van der Waals surface area contributed by atoms with E-state index in [9.17, 15) is 9.59 Å². The summed E-state index contributed by atoms with van der Waals surface area (Å²) in [4.78, 5) is 21.7. The molecule has 1 heterocycles. The first kappa shape index (κ1) is 13.0. The van der Waals surface area contributed by atoms with Crippen LogP contribution in [0, 0.1) is 0 Å². The van der Waals surface area contributed by atoms with Gasteiger partial charge < -0.3 is 24.8 Å². The normalized spacial score (nSPS) is 11.9. The van der Waals surface area contributed by atoms with Crippen molar-refractivity contribution in [2.45, 2.75) is 12.5 Å². The molecular formula is C9H12N2O6. The van der Waals surface area contributed by atoms with Gasteiger partial charge in [0.25, 0.3) is 11.8 Å². The van der Waals surface area contributed by atoms with Crippen LogP contribution >= 0.6 is 0 Å². The molecule has 1 aromatic rings. The van der Waals surface area contributed by atoms with Gasteiger partial charge in [0, 0.05) is 13.0 Å². The fourth-order valence-corrected chi connectivity index (χ4v) is 0.995. The number of nitrogens with zero attached hydrogens (tertiary/aromatic N) is 1. The fourth-order valence-electron chi connectivity index (χ4n) is 0.995. The Labute approximate surface area is 96.2 Å². The van der Waals surface area contributed by atoms with E-state index in [1.165, 1.54) is 13.2 Å². The molecular weight excluding hydrogens is 232 g/mol. The molecule has 0 aliphatic rings. The van der Waals surface area contributed by atoms with Crippen LogP contribution in [0.1, 0.15) is 17.0 Å². The number of methoxy groups -OCH3 is 1. The zero-order valence-electron chi connectivity index (χ0n) is 9.04. The monoisotopic (exact) mass is 244 g/mol. The maximum atomic E-state index is 11.4. The lowest BCUT2D eigenvalue weighted by molar-refractivity contribution is -0.146. The van der Waals surface area contributed by atoms with E-state index in [0.29, 0.717) is 0 Å². The summed E-state index contributed by atoms with van der Waals surface area (Å²) in [6.07, 6.45) is -1.59. The van der Waals surface area contributed by atoms with Crippen LogP contribution in [0.15, 0.2) is 10.6 Å². The lowest BCUT2D eigenvalue weighted by Gasteiger charge is -2.05. The molecule has 0 aliphatic heterocycles. The standard InChI is InChI=1S/C9H12N2O6/c1-16-7-4-6(17-11-7)8(13)10-3-2-5(12)9(14)15/h4-5,12H,2-3H2,1H3,(H,10,13)(H,14,15). The van der Waals surface area contributed by atoms with Gasteiger partial charge in [-0.25, -0.2) is 4.79 Å². The molecule has 1 rings (SSSR count). The third kappa shape index (κ3) is 3.76. The highest BCUT2D eigenvalue weighted by molar-refractivity contribution is 5.91. The highest BCUT2D eigenvalue weighted by atomic mass is 16.5. The summed E-state index contributed by atoms with van der Waals surface area (Å²) in [5.74, 6) is -1.77. The predicted octanol–water partition coefficient (Wildman–Crippen LogP) is -0.751. The van der Waals surface area contributed by atoms with Crippen LogP contribution in [0.5, 0.6) is 5.88 Å². The first-order chi connectivity index (χ1) is 8.04. The molecule has 0 saturated heterocycles. The van der Waals surface area contributed by atoms with Gasteiger partial charge >= 0.3 is 5.97 Å². The number of carboxylic acid groups (broad SMARTS) is 1. The van der Waals surface area contributed by atoms with Crippen LogP contribution < -0.4 is 10.1 Å². The van der Waals surface area contributed by atoms with Crippen LogP contribution in [-0.4, -0.2) is 47.0 Å². The maximum absolute atomic E-state index is 11.4. The Bertz CT molecular complexity index is 402. The lowest BCUT2D eigenvalue weighted by atomic mass is 10.2. The van der Waals surface area contributed by atoms with Gasteiger partial charge in [0.2, 0.25) is 5.76 Å². The molecule has 8 heteroatoms. The second-order valence-electron chi connectivity index (χ2n) is 3.13. The van der Waals surface area contributed by atoms with Crippen molar-refractivity contribution in [2.75, 3.05) is 13.7 Å². The molecule has 3 N–H and O–H groups in total. The van der Waals surface area contributed by atoms with Crippen molar-refractivity contribution in [1.82, 2.24) is 10.5 Å². The predicted molar refractivity (Wildman–Crippen MR) is 53.6 cm³/mol. The maximum Gasteiger partial charge on any atom is 0.332 e. The number of rotatable bonds is 6. The quantitative estimate of drug-likeness (QED) is 0.601. The van der Waals surface area contributed by atoms with E-state index < -0.39 is 18.0 Å². The molecule has 8 nitrogen and oxygen atoms in total. The van der Waals surface area contributed by atoms with Crippen molar-refractivity contribution >= 4 is 11.9 Å². The number of amides is 1. The number of hydrogen-bond donors (Lipinski definition) is 3. The minimum Gasteiger partial charge on any atom is -0.479 e. The molecule has 1 aromatic heterocycles. The molecule has 1 unspecified atom stereocenters. The Kier molecular flexibility index (Phi) is 4.46. The average molecular weight is 244 g/mol. The van der Waals surface area contributed by atoms with Crippen LogP contribution in [0.25, 0.3) is 0 Å². The van der Waals surface area contributed by atoms with E-state index in [4.69, 9.17) is 14.9 Å². The number of carboxylic acids is 1. The van der Waals surface area contributed by atoms with E-state index in [1.54, 1.807) is 0 Å². The molecule has 0 spiro atoms. The molecule has 0 bridgehead atoms. The van der Waals surface area contributed by atoms with Crippen molar-refractivity contribution < 1.29 is 29.1 Å². The molecule has 17 heavy (non-hydrogen) atoms. The molecule has 1 atom stereocenters. The zero-order chi connectivity index (χ0) is 12.8. The van der Waals surface area contributed by atoms with Crippen LogP contribution in [-0.2, 0) is 4.79 Å². The van der Waals surface area contributed by atoms with Crippen molar-refractivity contribution in [3.05, 3.63) is 11.8 Å². The average Bonchev–Trinajstić information content (AvgIpc) is 2.77. The number of aromatic nitrogens is 1. The third-order valence-corrected chi connectivity index (χ3v) is 1.91. The first-order valence-electron chi connectivity index (χ1n) is 4.74. The van der Waals surface area contributed by atoms with Crippen LogP contribution in [0.2, 0.25) is 0 Å². The summed E-state index contributed by atoms with van der Waals surface area (Å²) < 4.78 is 9.37. The molecule has 0 aromatic carbocycles. The van der Waals surface area contributed by atoms with E-state index in [0.717, 1.165) is 0 Å². The van der Waals surface area contributed by atoms with Crippen molar-refractivity contribution in [3.63, 3.8) is 0 Å². The summed E-state index contributed by atoms with van der Waals surface area (Å²) in [5.41, 5.74) is 0. The van der Waals surface area contributed by atoms with E-state index >= 15 is 0 Å². The SMILES string of the molecule is COc1cc(C(=O)NCCC(O)C(=O)O)on1. The smallest absolute Gasteiger partial charge is 0.332 e. The number of hydrogen-bond acceptors (Lipinski definition) is 6. The number of ether oxygens (including phenoxy) is 1. The number of aliphatic hydroxyl groups is 1. The number of aliphatic carboxylic acids is 1. The Balaban J connectivity index is 2.37. The van der Waals surface area contributed by atoms with Gasteiger partial charge in [0.15, 0.2) is 6.10 Å². The van der Waals surface area contributed by atoms with Gasteiger partial charge in [-0.1, -0.05) is 0 Å². The van der Waals surface area contributed by atoms with Crippen molar-refractivity contribution in [3.8, 4) is 5.88 Å². The van der Waals surface area contributed by atoms with Gasteiger partial charge in [0.1, 0.15) is 0 Å². The Hall–Kier alpha value is -2.09. The summed E-state index contributed by atoms with van der Waals surface area (Å²) in [6.45, 7) is 0.00924. The van der Waals surface area contributed by atoms with E-state index in [2.05, 4.69) is 15.0 Å². The van der Waals surface area contributed by atoms with Crippen molar-refractivity contribution in [1.29, 1.82) is 0 Å². The summed E-state index contributed by atoms with van der Waals surface area (Å²) in [6, 6.07) is 1.29. The highest BCUT2D eigenvalue weighted by Gasteiger charge is 2.15. The first-order valence-corrected chi connectivity index (χ1v) is 4.74. The van der Waals surface area contributed by atoms with Gasteiger partial charge in [-0.15, -0.1) is 0 Å². The minimum atomic E-state index is -1.50. The zero-order valence-corrected chi connectivity index (χ0v) is 9.04. The number of carbonyl (C=O) groups excluding carboxylic acids is 1. The fraction of sp³-hybridized carbons (Fsp3) is 0.444. The topological polar surface area (TPSA) is 122 Å². The minimum absolute atomic E-state index is 0.00924. The van der Waals surface area contributed by atoms with Gasteiger partial charge in [-0.2, -0.15) is 0 Å². The van der Waals surface area contributed by atoms with E-state index in [1.807, 2.05) is 0 Å². The number of aliphatic hydroxyl groups excluding tert-OH is 1. The van der Waals surface area contributed by atoms with Gasteiger partial charge in [0.05, 0.1) is 13.2 Å². The molecule has 0 radical (unpaired) electrons. The molecule has 0 aliphatic carbocycles.